The Labute approximate surface area is 138 Å². The molecule has 1 atom stereocenters. The van der Waals surface area contributed by atoms with Gasteiger partial charge in [0.15, 0.2) is 0 Å². The SMILES string of the molecule is Cc1cn(CC(=O)NCC(CCO)CC(C)C)c2ccccc12. The van der Waals surface area contributed by atoms with E-state index in [9.17, 15) is 4.79 Å². The lowest BCUT2D eigenvalue weighted by Gasteiger charge is -2.18. The lowest BCUT2D eigenvalue weighted by Crippen LogP contribution is -2.32. The van der Waals surface area contributed by atoms with Crippen molar-refractivity contribution >= 4 is 16.8 Å². The minimum absolute atomic E-state index is 0.0254. The minimum Gasteiger partial charge on any atom is -0.396 e. The van der Waals surface area contributed by atoms with Crippen molar-refractivity contribution in [1.82, 2.24) is 9.88 Å². The molecule has 126 valence electrons. The number of aromatic nitrogens is 1. The Kier molecular flexibility index (Phi) is 6.22. The number of carbonyl (C=O) groups is 1. The van der Waals surface area contributed by atoms with Crippen LogP contribution in [0.25, 0.3) is 10.9 Å². The van der Waals surface area contributed by atoms with Gasteiger partial charge in [0.25, 0.3) is 0 Å². The summed E-state index contributed by atoms with van der Waals surface area (Å²) in [5.74, 6) is 0.934. The van der Waals surface area contributed by atoms with Crippen LogP contribution >= 0.6 is 0 Å². The van der Waals surface area contributed by atoms with E-state index in [1.54, 1.807) is 0 Å². The third-order valence-corrected chi connectivity index (χ3v) is 4.23. The third kappa shape index (κ3) is 4.83. The second-order valence-electron chi connectivity index (χ2n) is 6.77. The summed E-state index contributed by atoms with van der Waals surface area (Å²) in [5, 5.41) is 13.4. The Morgan fingerprint density at radius 1 is 1.30 bits per heavy atom. The van der Waals surface area contributed by atoms with Gasteiger partial charge in [-0.2, -0.15) is 0 Å². The predicted molar refractivity (Wildman–Crippen MR) is 94.3 cm³/mol. The number of para-hydroxylation sites is 1. The van der Waals surface area contributed by atoms with Gasteiger partial charge in [0.2, 0.25) is 5.91 Å². The van der Waals surface area contributed by atoms with Crippen LogP contribution in [-0.4, -0.2) is 28.7 Å². The molecule has 0 aliphatic heterocycles. The van der Waals surface area contributed by atoms with Crippen LogP contribution in [0, 0.1) is 18.8 Å². The molecule has 0 saturated heterocycles. The number of nitrogens with zero attached hydrogens (tertiary/aromatic N) is 1. The summed E-state index contributed by atoms with van der Waals surface area (Å²) in [7, 11) is 0. The molecule has 4 nitrogen and oxygen atoms in total. The van der Waals surface area contributed by atoms with Gasteiger partial charge in [-0.15, -0.1) is 0 Å². The first-order valence-corrected chi connectivity index (χ1v) is 8.43. The molecule has 0 bridgehead atoms. The molecule has 0 fully saturated rings. The number of benzene rings is 1. The fourth-order valence-electron chi connectivity index (χ4n) is 3.18. The summed E-state index contributed by atoms with van der Waals surface area (Å²) in [4.78, 5) is 12.3. The lowest BCUT2D eigenvalue weighted by molar-refractivity contribution is -0.121. The summed E-state index contributed by atoms with van der Waals surface area (Å²) < 4.78 is 2.00. The zero-order chi connectivity index (χ0) is 16.8. The molecule has 0 radical (unpaired) electrons. The van der Waals surface area contributed by atoms with Crippen molar-refractivity contribution in [2.45, 2.75) is 40.2 Å². The van der Waals surface area contributed by atoms with E-state index < -0.39 is 0 Å². The number of hydrogen-bond donors (Lipinski definition) is 2. The highest BCUT2D eigenvalue weighted by Crippen LogP contribution is 2.20. The van der Waals surface area contributed by atoms with Crippen molar-refractivity contribution in [3.05, 3.63) is 36.0 Å². The van der Waals surface area contributed by atoms with Crippen molar-refractivity contribution < 1.29 is 9.90 Å². The van der Waals surface area contributed by atoms with Gasteiger partial charge in [-0.1, -0.05) is 32.0 Å². The quantitative estimate of drug-likeness (QED) is 0.786. The van der Waals surface area contributed by atoms with Gasteiger partial charge in [-0.25, -0.2) is 0 Å². The Hall–Kier alpha value is -1.81. The first kappa shape index (κ1) is 17.5. The van der Waals surface area contributed by atoms with Crippen molar-refractivity contribution in [1.29, 1.82) is 0 Å². The van der Waals surface area contributed by atoms with Gasteiger partial charge in [0.1, 0.15) is 6.54 Å². The molecule has 4 heteroatoms. The highest BCUT2D eigenvalue weighted by Gasteiger charge is 2.13. The summed E-state index contributed by atoms with van der Waals surface area (Å²) in [6.45, 7) is 7.55. The van der Waals surface area contributed by atoms with E-state index in [1.807, 2.05) is 29.0 Å². The Balaban J connectivity index is 1.95. The van der Waals surface area contributed by atoms with E-state index >= 15 is 0 Å². The summed E-state index contributed by atoms with van der Waals surface area (Å²) in [6, 6.07) is 8.14. The molecular formula is C19H28N2O2. The molecule has 2 N–H and O–H groups in total. The highest BCUT2D eigenvalue weighted by molar-refractivity contribution is 5.85. The average molecular weight is 316 g/mol. The normalized spacial score (nSPS) is 12.7. The molecule has 0 spiro atoms. The van der Waals surface area contributed by atoms with Crippen LogP contribution in [0.4, 0.5) is 0 Å². The number of carbonyl (C=O) groups excluding carboxylic acids is 1. The van der Waals surface area contributed by atoms with Gasteiger partial charge >= 0.3 is 0 Å². The first-order valence-electron chi connectivity index (χ1n) is 8.43. The molecule has 0 aliphatic carbocycles. The summed E-state index contributed by atoms with van der Waals surface area (Å²) >= 11 is 0. The predicted octanol–water partition coefficient (Wildman–Crippen LogP) is 3.11. The van der Waals surface area contributed by atoms with Crippen molar-refractivity contribution in [2.75, 3.05) is 13.2 Å². The average Bonchev–Trinajstić information content (AvgIpc) is 2.81. The summed E-state index contributed by atoms with van der Waals surface area (Å²) in [6.07, 6.45) is 3.79. The minimum atomic E-state index is 0.0254. The van der Waals surface area contributed by atoms with Crippen LogP contribution in [0.2, 0.25) is 0 Å². The number of amides is 1. The number of nitrogens with one attached hydrogen (secondary N) is 1. The van der Waals surface area contributed by atoms with E-state index in [1.165, 1.54) is 10.9 Å². The van der Waals surface area contributed by atoms with E-state index in [0.717, 1.165) is 18.4 Å². The van der Waals surface area contributed by atoms with Gasteiger partial charge < -0.3 is 15.0 Å². The molecule has 2 aromatic rings. The lowest BCUT2D eigenvalue weighted by atomic mass is 9.94. The fraction of sp³-hybridized carbons (Fsp3) is 0.526. The molecule has 0 saturated carbocycles. The van der Waals surface area contributed by atoms with Crippen LogP contribution < -0.4 is 5.32 Å². The van der Waals surface area contributed by atoms with Crippen LogP contribution in [0.5, 0.6) is 0 Å². The number of aliphatic hydroxyl groups excluding tert-OH is 1. The van der Waals surface area contributed by atoms with E-state index in [0.29, 0.717) is 24.9 Å². The first-order chi connectivity index (χ1) is 11.0. The van der Waals surface area contributed by atoms with Crippen molar-refractivity contribution in [3.8, 4) is 0 Å². The molecule has 1 heterocycles. The van der Waals surface area contributed by atoms with Crippen LogP contribution in [-0.2, 0) is 11.3 Å². The second kappa shape index (κ2) is 8.16. The van der Waals surface area contributed by atoms with Crippen LogP contribution in [0.15, 0.2) is 30.5 Å². The Bertz CT molecular complexity index is 646. The highest BCUT2D eigenvalue weighted by atomic mass is 16.3. The maximum absolute atomic E-state index is 12.3. The van der Waals surface area contributed by atoms with Gasteiger partial charge in [-0.05, 0) is 43.2 Å². The molecule has 23 heavy (non-hydrogen) atoms. The molecule has 2 rings (SSSR count). The number of hydrogen-bond acceptors (Lipinski definition) is 2. The molecular weight excluding hydrogens is 288 g/mol. The Morgan fingerprint density at radius 3 is 2.74 bits per heavy atom. The second-order valence-corrected chi connectivity index (χ2v) is 6.77. The summed E-state index contributed by atoms with van der Waals surface area (Å²) in [5.41, 5.74) is 2.28. The fourth-order valence-corrected chi connectivity index (χ4v) is 3.18. The van der Waals surface area contributed by atoms with Crippen molar-refractivity contribution in [2.24, 2.45) is 11.8 Å². The molecule has 1 unspecified atom stereocenters. The molecule has 0 aliphatic rings. The maximum Gasteiger partial charge on any atom is 0.239 e. The van der Waals surface area contributed by atoms with Gasteiger partial charge in [0.05, 0.1) is 0 Å². The molecule has 1 aromatic carbocycles. The largest absolute Gasteiger partial charge is 0.396 e. The zero-order valence-corrected chi connectivity index (χ0v) is 14.4. The number of fused-ring (bicyclic) bond motifs is 1. The van der Waals surface area contributed by atoms with Crippen LogP contribution in [0.1, 0.15) is 32.3 Å². The standard InChI is InChI=1S/C19H28N2O2/c1-14(2)10-16(8-9-22)11-20-19(23)13-21-12-15(3)17-6-4-5-7-18(17)21/h4-7,12,14,16,22H,8-11,13H2,1-3H3,(H,20,23). The smallest absolute Gasteiger partial charge is 0.239 e. The van der Waals surface area contributed by atoms with Gasteiger partial charge in [-0.3, -0.25) is 4.79 Å². The van der Waals surface area contributed by atoms with Crippen LogP contribution in [0.3, 0.4) is 0 Å². The number of aryl methyl sites for hydroxylation is 1. The van der Waals surface area contributed by atoms with E-state index in [2.05, 4.69) is 32.2 Å². The zero-order valence-electron chi connectivity index (χ0n) is 14.4. The Morgan fingerprint density at radius 2 is 2.04 bits per heavy atom. The number of aliphatic hydroxyl groups is 1. The maximum atomic E-state index is 12.3. The third-order valence-electron chi connectivity index (χ3n) is 4.23. The number of rotatable bonds is 8. The van der Waals surface area contributed by atoms with E-state index in [4.69, 9.17) is 5.11 Å². The molecule has 1 amide bonds. The topological polar surface area (TPSA) is 54.3 Å². The molecule has 1 aromatic heterocycles. The van der Waals surface area contributed by atoms with Crippen molar-refractivity contribution in [3.63, 3.8) is 0 Å². The van der Waals surface area contributed by atoms with Gasteiger partial charge in [0, 0.05) is 30.3 Å². The van der Waals surface area contributed by atoms with E-state index in [-0.39, 0.29) is 12.5 Å². The monoisotopic (exact) mass is 316 g/mol.